The first-order chi connectivity index (χ1) is 16.7. The van der Waals surface area contributed by atoms with Crippen molar-refractivity contribution in [1.29, 1.82) is 0 Å². The first kappa shape index (κ1) is 29.3. The van der Waals surface area contributed by atoms with E-state index in [1.165, 1.54) is 0 Å². The van der Waals surface area contributed by atoms with Gasteiger partial charge in [0.2, 0.25) is 0 Å². The SMILES string of the molecule is CC1(C)COC(c2cc[c-]cc2)OC1.[CH2-]COC(=O)c1ccc(C2OCC(C)(C)CO2)cc1.[O]=[Co]. The molecule has 0 amide bonds. The van der Waals surface area contributed by atoms with E-state index in [9.17, 15) is 4.79 Å². The van der Waals surface area contributed by atoms with Crippen LogP contribution in [0.3, 0.4) is 0 Å². The molecule has 2 heterocycles. The van der Waals surface area contributed by atoms with E-state index in [2.05, 4.69) is 56.4 Å². The van der Waals surface area contributed by atoms with Gasteiger partial charge in [-0.3, -0.25) is 0 Å². The Hall–Kier alpha value is -1.94. The number of carbonyl (C=O) groups excluding carboxylic acids is 1. The molecule has 2 aromatic carbocycles. The third kappa shape index (κ3) is 9.55. The van der Waals surface area contributed by atoms with Crippen LogP contribution >= 0.6 is 0 Å². The fourth-order valence-electron chi connectivity index (χ4n) is 3.28. The number of esters is 1. The van der Waals surface area contributed by atoms with Crippen molar-refractivity contribution in [2.45, 2.75) is 40.3 Å². The van der Waals surface area contributed by atoms with E-state index in [1.54, 1.807) is 12.1 Å². The van der Waals surface area contributed by atoms with Gasteiger partial charge in [0, 0.05) is 16.4 Å². The van der Waals surface area contributed by atoms with Crippen LogP contribution in [0.1, 0.15) is 61.8 Å². The molecule has 0 saturated carbocycles. The maximum absolute atomic E-state index is 11.5. The van der Waals surface area contributed by atoms with Gasteiger partial charge in [0.15, 0.2) is 12.6 Å². The molecule has 0 unspecified atom stereocenters. The average molecular weight is 529 g/mol. The van der Waals surface area contributed by atoms with Gasteiger partial charge >= 0.3 is 25.5 Å². The predicted molar refractivity (Wildman–Crippen MR) is 125 cm³/mol. The van der Waals surface area contributed by atoms with E-state index >= 15 is 0 Å². The zero-order valence-corrected chi connectivity index (χ0v) is 21.7. The van der Waals surface area contributed by atoms with Crippen LogP contribution in [-0.4, -0.2) is 39.0 Å². The van der Waals surface area contributed by atoms with Crippen molar-refractivity contribution >= 4 is 5.97 Å². The minimum atomic E-state index is -0.367. The van der Waals surface area contributed by atoms with Crippen molar-refractivity contribution in [1.82, 2.24) is 0 Å². The maximum atomic E-state index is 11.5. The van der Waals surface area contributed by atoms with Crippen LogP contribution < -0.4 is 0 Å². The summed E-state index contributed by atoms with van der Waals surface area (Å²) in [5.74, 6) is -0.367. The molecule has 0 spiro atoms. The van der Waals surface area contributed by atoms with Gasteiger partial charge in [-0.05, 0) is 18.7 Å². The van der Waals surface area contributed by atoms with Crippen LogP contribution in [0.4, 0.5) is 0 Å². The Morgan fingerprint density at radius 1 is 0.857 bits per heavy atom. The first-order valence-corrected chi connectivity index (χ1v) is 11.7. The molecule has 0 bridgehead atoms. The van der Waals surface area contributed by atoms with Gasteiger partial charge in [-0.15, -0.1) is 5.56 Å². The Kier molecular flexibility index (Phi) is 11.7. The summed E-state index contributed by atoms with van der Waals surface area (Å²) in [6.45, 7) is 14.9. The van der Waals surface area contributed by atoms with Crippen LogP contribution in [0.2, 0.25) is 0 Å². The van der Waals surface area contributed by atoms with Crippen LogP contribution in [0.25, 0.3) is 0 Å². The number of benzene rings is 2. The number of carbonyl (C=O) groups is 1. The summed E-state index contributed by atoms with van der Waals surface area (Å²) in [4.78, 5) is 11.5. The summed E-state index contributed by atoms with van der Waals surface area (Å²) >= 11 is 2.31. The second-order valence-electron chi connectivity index (χ2n) is 9.83. The number of rotatable bonds is 4. The molecule has 0 aliphatic carbocycles. The summed E-state index contributed by atoms with van der Waals surface area (Å²) in [5, 5.41) is 0. The Bertz CT molecular complexity index is 880. The summed E-state index contributed by atoms with van der Waals surface area (Å²) in [5.41, 5.74) is 2.66. The molecular formula is C27H34CoO7-2. The van der Waals surface area contributed by atoms with Crippen LogP contribution in [0.15, 0.2) is 48.5 Å². The topological polar surface area (TPSA) is 80.3 Å². The molecular weight excluding hydrogens is 495 g/mol. The molecule has 2 fully saturated rings. The normalized spacial score (nSPS) is 19.4. The predicted octanol–water partition coefficient (Wildman–Crippen LogP) is 5.19. The minimum absolute atomic E-state index is 0.0500. The van der Waals surface area contributed by atoms with Crippen molar-refractivity contribution in [2.75, 3.05) is 33.0 Å². The molecule has 0 N–H and O–H groups in total. The third-order valence-corrected chi connectivity index (χ3v) is 5.17. The van der Waals surface area contributed by atoms with E-state index in [0.29, 0.717) is 18.8 Å². The average Bonchev–Trinajstić information content (AvgIpc) is 2.86. The Morgan fingerprint density at radius 3 is 1.66 bits per heavy atom. The van der Waals surface area contributed by atoms with Gasteiger partial charge in [0.1, 0.15) is 0 Å². The van der Waals surface area contributed by atoms with Gasteiger partial charge in [0.25, 0.3) is 0 Å². The van der Waals surface area contributed by atoms with Crippen LogP contribution in [0, 0.1) is 23.8 Å². The molecule has 7 nitrogen and oxygen atoms in total. The quantitative estimate of drug-likeness (QED) is 0.399. The van der Waals surface area contributed by atoms with E-state index in [4.69, 9.17) is 27.6 Å². The number of hydrogen-bond acceptors (Lipinski definition) is 7. The first-order valence-electron chi connectivity index (χ1n) is 11.3. The van der Waals surface area contributed by atoms with Gasteiger partial charge in [0.05, 0.1) is 32.0 Å². The van der Waals surface area contributed by atoms with E-state index in [-0.39, 0.29) is 36.0 Å². The number of hydrogen-bond donors (Lipinski definition) is 0. The molecule has 0 aromatic heterocycles. The van der Waals surface area contributed by atoms with Crippen molar-refractivity contribution in [3.8, 4) is 0 Å². The molecule has 2 aromatic rings. The molecule has 0 radical (unpaired) electrons. The molecule has 2 aliphatic heterocycles. The fraction of sp³-hybridized carbons (Fsp3) is 0.481. The molecule has 195 valence electrons. The Morgan fingerprint density at radius 2 is 1.26 bits per heavy atom. The second-order valence-corrected chi connectivity index (χ2v) is 9.83. The van der Waals surface area contributed by atoms with Crippen molar-refractivity contribution in [3.05, 3.63) is 78.2 Å². The van der Waals surface area contributed by atoms with E-state index in [1.807, 2.05) is 36.4 Å². The summed E-state index contributed by atoms with van der Waals surface area (Å²) in [6.07, 6.45) is -0.552. The van der Waals surface area contributed by atoms with Gasteiger partial charge in [-0.2, -0.15) is 30.3 Å². The Balaban J connectivity index is 0.000000239. The fourth-order valence-corrected chi connectivity index (χ4v) is 3.28. The van der Waals surface area contributed by atoms with Crippen LogP contribution in [0.5, 0.6) is 0 Å². The van der Waals surface area contributed by atoms with E-state index < -0.39 is 0 Å². The van der Waals surface area contributed by atoms with Gasteiger partial charge in [-0.1, -0.05) is 39.8 Å². The van der Waals surface area contributed by atoms with Gasteiger partial charge in [-0.25, -0.2) is 4.79 Å². The zero-order chi connectivity index (χ0) is 25.9. The summed E-state index contributed by atoms with van der Waals surface area (Å²) in [6, 6.07) is 17.7. The molecule has 2 aliphatic rings. The summed E-state index contributed by atoms with van der Waals surface area (Å²) in [7, 11) is 0. The second kappa shape index (κ2) is 14.0. The van der Waals surface area contributed by atoms with Crippen molar-refractivity contribution in [3.63, 3.8) is 0 Å². The molecule has 4 rings (SSSR count). The van der Waals surface area contributed by atoms with Gasteiger partial charge < -0.3 is 30.6 Å². The van der Waals surface area contributed by atoms with Crippen LogP contribution in [-0.2, 0) is 43.2 Å². The molecule has 2 saturated heterocycles. The summed E-state index contributed by atoms with van der Waals surface area (Å²) < 4.78 is 35.4. The molecule has 8 heteroatoms. The van der Waals surface area contributed by atoms with Crippen molar-refractivity contribution in [2.24, 2.45) is 10.8 Å². The molecule has 0 atom stereocenters. The van der Waals surface area contributed by atoms with Crippen molar-refractivity contribution < 1.29 is 48.0 Å². The standard InChI is InChI=1S/C15H19O4.C12H15O2.Co.O/c1-4-17-13(16)11-5-7-12(8-6-11)14-18-9-15(2,3)10-19-14;1-12(2)8-13-11(14-9-12)10-6-4-3-5-7-10;;/h5-8,14H,1,4,9-10H2,2-3H3;4-7,11H,8-9H2,1-2H3;;/q2*-1;;. The zero-order valence-electron chi connectivity index (χ0n) is 20.7. The molecule has 35 heavy (non-hydrogen) atoms. The Labute approximate surface area is 216 Å². The van der Waals surface area contributed by atoms with E-state index in [0.717, 1.165) is 24.3 Å². The number of ether oxygens (including phenoxy) is 5. The monoisotopic (exact) mass is 529 g/mol. The third-order valence-electron chi connectivity index (χ3n) is 5.17.